The van der Waals surface area contributed by atoms with Gasteiger partial charge in [-0.1, -0.05) is 24.3 Å². The van der Waals surface area contributed by atoms with Crippen LogP contribution in [0.25, 0.3) is 6.08 Å². The number of hydrogen-bond donors (Lipinski definition) is 3. The second-order valence-electron chi connectivity index (χ2n) is 9.40. The summed E-state index contributed by atoms with van der Waals surface area (Å²) >= 11 is 0. The van der Waals surface area contributed by atoms with Gasteiger partial charge >= 0.3 is 0 Å². The van der Waals surface area contributed by atoms with E-state index < -0.39 is 6.04 Å². The molecule has 199 valence electrons. The number of aromatic nitrogens is 4. The molecule has 1 aliphatic rings. The Morgan fingerprint density at radius 1 is 1.23 bits per heavy atom. The summed E-state index contributed by atoms with van der Waals surface area (Å²) in [6.07, 6.45) is 10.9. The van der Waals surface area contributed by atoms with Crippen molar-refractivity contribution >= 4 is 23.6 Å². The van der Waals surface area contributed by atoms with Crippen molar-refractivity contribution in [3.05, 3.63) is 94.4 Å². The minimum atomic E-state index is -0.419. The number of rotatable bonds is 8. The molecule has 0 amide bonds. The minimum absolute atomic E-state index is 0.0546. The Labute approximate surface area is 226 Å². The summed E-state index contributed by atoms with van der Waals surface area (Å²) in [5, 5.41) is 7.70. The van der Waals surface area contributed by atoms with Gasteiger partial charge in [0.15, 0.2) is 17.3 Å². The quantitative estimate of drug-likeness (QED) is 0.296. The zero-order valence-electron chi connectivity index (χ0n) is 22.0. The van der Waals surface area contributed by atoms with E-state index in [0.717, 1.165) is 27.8 Å². The molecule has 0 saturated carbocycles. The van der Waals surface area contributed by atoms with Gasteiger partial charge in [0.1, 0.15) is 12.0 Å². The molecule has 0 aliphatic carbocycles. The van der Waals surface area contributed by atoms with Gasteiger partial charge < -0.3 is 20.9 Å². The van der Waals surface area contributed by atoms with Gasteiger partial charge in [-0.25, -0.2) is 4.98 Å². The molecule has 0 saturated heterocycles. The molecule has 1 radical (unpaired) electrons. The first-order valence-electron chi connectivity index (χ1n) is 12.4. The Morgan fingerprint density at radius 2 is 2.05 bits per heavy atom. The molecule has 10 heteroatoms. The fourth-order valence-electron chi connectivity index (χ4n) is 4.90. The summed E-state index contributed by atoms with van der Waals surface area (Å²) in [5.74, 6) is 1.44. The van der Waals surface area contributed by atoms with Crippen LogP contribution in [-0.4, -0.2) is 45.8 Å². The van der Waals surface area contributed by atoms with E-state index in [-0.39, 0.29) is 17.8 Å². The zero-order chi connectivity index (χ0) is 27.5. The number of carbonyl (C=O) groups is 1. The summed E-state index contributed by atoms with van der Waals surface area (Å²) in [5.41, 5.74) is 17.1. The highest BCUT2D eigenvalue weighted by Gasteiger charge is 2.31. The second-order valence-corrected chi connectivity index (χ2v) is 9.40. The van der Waals surface area contributed by atoms with Crippen LogP contribution in [0.4, 0.5) is 11.8 Å². The predicted molar refractivity (Wildman–Crippen MR) is 148 cm³/mol. The molecule has 10 nitrogen and oxygen atoms in total. The number of aryl methyl sites for hydroxylation is 1. The number of nitrogens with one attached hydrogen (secondary N) is 1. The van der Waals surface area contributed by atoms with Crippen molar-refractivity contribution in [2.45, 2.75) is 24.9 Å². The number of nitrogen functional groups attached to an aromatic ring is 2. The van der Waals surface area contributed by atoms with E-state index >= 15 is 0 Å². The van der Waals surface area contributed by atoms with Gasteiger partial charge in [0.05, 0.1) is 26.3 Å². The van der Waals surface area contributed by atoms with E-state index in [9.17, 15) is 4.79 Å². The maximum Gasteiger partial charge on any atom is 0.221 e. The molecule has 2 aromatic heterocycles. The molecule has 0 fully saturated rings. The Morgan fingerprint density at radius 3 is 2.77 bits per heavy atom. The molecule has 0 bridgehead atoms. The summed E-state index contributed by atoms with van der Waals surface area (Å²) < 4.78 is 12.9. The van der Waals surface area contributed by atoms with E-state index in [0.29, 0.717) is 35.7 Å². The van der Waals surface area contributed by atoms with Crippen LogP contribution in [0.3, 0.4) is 0 Å². The number of nitrogens with zero attached hydrogens (tertiary/aromatic N) is 4. The second kappa shape index (κ2) is 11.0. The SMILES string of the molecule is COc1cc(Cc2cnc(N)nc2N)cc(C=CC(=O)C2Cc3ccccc3C(c3[c]nn(C)c3)N2)c1OC. The van der Waals surface area contributed by atoms with Gasteiger partial charge in [0, 0.05) is 42.6 Å². The number of anilines is 2. The van der Waals surface area contributed by atoms with Crippen LogP contribution >= 0.6 is 0 Å². The highest BCUT2D eigenvalue weighted by atomic mass is 16.5. The van der Waals surface area contributed by atoms with Crippen LogP contribution in [0, 0.1) is 6.20 Å². The van der Waals surface area contributed by atoms with E-state index in [1.807, 2.05) is 37.5 Å². The molecule has 2 aromatic carbocycles. The largest absolute Gasteiger partial charge is 0.493 e. The first kappa shape index (κ1) is 25.9. The summed E-state index contributed by atoms with van der Waals surface area (Å²) in [4.78, 5) is 21.6. The van der Waals surface area contributed by atoms with Crippen molar-refractivity contribution in [3.63, 3.8) is 0 Å². The Balaban J connectivity index is 1.43. The average Bonchev–Trinajstić information content (AvgIpc) is 3.38. The third kappa shape index (κ3) is 5.46. The molecule has 5 N–H and O–H groups in total. The number of methoxy groups -OCH3 is 2. The highest BCUT2D eigenvalue weighted by molar-refractivity contribution is 5.98. The first-order chi connectivity index (χ1) is 18.9. The summed E-state index contributed by atoms with van der Waals surface area (Å²) in [6, 6.07) is 11.3. The fourth-order valence-corrected chi connectivity index (χ4v) is 4.90. The van der Waals surface area contributed by atoms with Gasteiger partial charge in [0.2, 0.25) is 5.95 Å². The lowest BCUT2D eigenvalue weighted by Crippen LogP contribution is -2.44. The van der Waals surface area contributed by atoms with Crippen LogP contribution in [0.2, 0.25) is 0 Å². The van der Waals surface area contributed by atoms with Crippen LogP contribution < -0.4 is 26.3 Å². The molecule has 39 heavy (non-hydrogen) atoms. The monoisotopic (exact) mass is 524 g/mol. The Bertz CT molecular complexity index is 1550. The lowest BCUT2D eigenvalue weighted by molar-refractivity contribution is -0.116. The maximum atomic E-state index is 13.5. The Kier molecular flexibility index (Phi) is 7.29. The molecule has 2 unspecified atom stereocenters. The highest BCUT2D eigenvalue weighted by Crippen LogP contribution is 2.35. The van der Waals surface area contributed by atoms with Crippen LogP contribution in [0.15, 0.2) is 54.9 Å². The molecular formula is C29H30N7O3. The van der Waals surface area contributed by atoms with Crippen molar-refractivity contribution in [1.82, 2.24) is 25.1 Å². The smallest absolute Gasteiger partial charge is 0.221 e. The number of ether oxygens (including phenoxy) is 2. The molecule has 3 heterocycles. The van der Waals surface area contributed by atoms with Crippen LogP contribution in [0.1, 0.15) is 39.4 Å². The third-order valence-electron chi connectivity index (χ3n) is 6.78. The number of benzene rings is 2. The van der Waals surface area contributed by atoms with Gasteiger partial charge in [0.25, 0.3) is 0 Å². The van der Waals surface area contributed by atoms with E-state index in [4.69, 9.17) is 20.9 Å². The molecule has 4 aromatic rings. The third-order valence-corrected chi connectivity index (χ3v) is 6.78. The van der Waals surface area contributed by atoms with Gasteiger partial charge in [-0.2, -0.15) is 10.1 Å². The average molecular weight is 525 g/mol. The number of nitrogens with two attached hydrogens (primary N) is 2. The van der Waals surface area contributed by atoms with Gasteiger partial charge in [-0.3, -0.25) is 14.8 Å². The summed E-state index contributed by atoms with van der Waals surface area (Å²) in [6.45, 7) is 0. The van der Waals surface area contributed by atoms with Crippen molar-refractivity contribution < 1.29 is 14.3 Å². The van der Waals surface area contributed by atoms with Crippen LogP contribution in [-0.2, 0) is 24.7 Å². The van der Waals surface area contributed by atoms with Gasteiger partial charge in [-0.15, -0.1) is 0 Å². The topological polar surface area (TPSA) is 143 Å². The number of fused-ring (bicyclic) bond motifs is 1. The number of carbonyl (C=O) groups excluding carboxylic acids is 1. The molecular weight excluding hydrogens is 494 g/mol. The van der Waals surface area contributed by atoms with Crippen molar-refractivity contribution in [1.29, 1.82) is 0 Å². The van der Waals surface area contributed by atoms with Gasteiger partial charge in [-0.05, 0) is 47.4 Å². The zero-order valence-corrected chi connectivity index (χ0v) is 22.0. The Hall–Kier alpha value is -4.70. The van der Waals surface area contributed by atoms with E-state index in [2.05, 4.69) is 38.7 Å². The van der Waals surface area contributed by atoms with Crippen LogP contribution in [0.5, 0.6) is 11.5 Å². The number of hydrogen-bond acceptors (Lipinski definition) is 9. The fraction of sp³-hybridized carbons (Fsp3) is 0.241. The number of ketones is 1. The molecule has 0 spiro atoms. The van der Waals surface area contributed by atoms with Crippen molar-refractivity contribution in [2.75, 3.05) is 25.7 Å². The summed E-state index contributed by atoms with van der Waals surface area (Å²) in [7, 11) is 4.99. The lowest BCUT2D eigenvalue weighted by Gasteiger charge is -2.31. The molecule has 1 aliphatic heterocycles. The van der Waals surface area contributed by atoms with Crippen molar-refractivity contribution in [2.24, 2.45) is 7.05 Å². The van der Waals surface area contributed by atoms with Crippen molar-refractivity contribution in [3.8, 4) is 11.5 Å². The normalized spacial score (nSPS) is 16.7. The molecule has 5 rings (SSSR count). The maximum absolute atomic E-state index is 13.5. The predicted octanol–water partition coefficient (Wildman–Crippen LogP) is 2.67. The first-order valence-corrected chi connectivity index (χ1v) is 12.4. The standard InChI is InChI=1S/C29H30N7O3/c1-36-16-21(15-33-36)26-22-7-5-4-6-18(22)13-23(34-26)24(37)9-8-19-10-17(12-25(38-2)27(19)39-3)11-20-14-32-29(31)35-28(20)30/h4-10,12,14,16,23,26,34H,11,13H2,1-3H3,(H4,30,31,32,35). The lowest BCUT2D eigenvalue weighted by atomic mass is 9.86. The van der Waals surface area contributed by atoms with E-state index in [1.165, 1.54) is 0 Å². The van der Waals surface area contributed by atoms with E-state index in [1.54, 1.807) is 37.3 Å². The minimum Gasteiger partial charge on any atom is -0.493 e. The molecule has 2 atom stereocenters.